The van der Waals surface area contributed by atoms with E-state index in [0.29, 0.717) is 13.0 Å². The fourth-order valence-electron chi connectivity index (χ4n) is 1.86. The third-order valence-corrected chi connectivity index (χ3v) is 2.71. The molecule has 0 saturated carbocycles. The van der Waals surface area contributed by atoms with Gasteiger partial charge >= 0.3 is 6.18 Å². The maximum absolute atomic E-state index is 11.7. The summed E-state index contributed by atoms with van der Waals surface area (Å²) in [5, 5.41) is 3.21. The Morgan fingerprint density at radius 1 is 1.12 bits per heavy atom. The molecule has 1 aliphatic rings. The van der Waals surface area contributed by atoms with Crippen LogP contribution in [0.25, 0.3) is 0 Å². The van der Waals surface area contributed by atoms with Gasteiger partial charge in [0.2, 0.25) is 0 Å². The largest absolute Gasteiger partial charge is 0.411 e. The number of hydrogen-bond acceptors (Lipinski definition) is 3. The molecule has 0 bridgehead atoms. The van der Waals surface area contributed by atoms with Crippen LogP contribution in [0.4, 0.5) is 13.2 Å². The van der Waals surface area contributed by atoms with Gasteiger partial charge in [0.05, 0.1) is 0 Å². The Labute approximate surface area is 100 Å². The maximum atomic E-state index is 11.7. The summed E-state index contributed by atoms with van der Waals surface area (Å²) in [4.78, 5) is 2.40. The van der Waals surface area contributed by atoms with E-state index < -0.39 is 12.8 Å². The van der Waals surface area contributed by atoms with E-state index in [2.05, 4.69) is 15.0 Å². The lowest BCUT2D eigenvalue weighted by Crippen LogP contribution is -2.30. The number of halogens is 3. The molecule has 6 heteroatoms. The molecule has 0 aromatic carbocycles. The van der Waals surface area contributed by atoms with Crippen molar-refractivity contribution in [3.63, 3.8) is 0 Å². The standard InChI is InChI=1S/C11H21F3N2O/c12-11(13,14)10-17-9-3-4-15-5-8-16-6-1-2-7-16/h15H,1-10H2. The molecule has 102 valence electrons. The van der Waals surface area contributed by atoms with Gasteiger partial charge in [-0.1, -0.05) is 0 Å². The SMILES string of the molecule is FC(F)(F)COCCCNCCN1CCCC1. The molecular formula is C11H21F3N2O. The highest BCUT2D eigenvalue weighted by Gasteiger charge is 2.27. The van der Waals surface area contributed by atoms with Crippen LogP contribution in [0, 0.1) is 0 Å². The van der Waals surface area contributed by atoms with Crippen molar-refractivity contribution in [2.45, 2.75) is 25.4 Å². The normalized spacial score (nSPS) is 17.8. The van der Waals surface area contributed by atoms with Crippen molar-refractivity contribution in [2.24, 2.45) is 0 Å². The van der Waals surface area contributed by atoms with Crippen LogP contribution in [0.15, 0.2) is 0 Å². The predicted molar refractivity (Wildman–Crippen MR) is 60.0 cm³/mol. The van der Waals surface area contributed by atoms with Crippen molar-refractivity contribution in [2.75, 3.05) is 45.9 Å². The van der Waals surface area contributed by atoms with Gasteiger partial charge in [0.25, 0.3) is 0 Å². The van der Waals surface area contributed by atoms with Gasteiger partial charge in [-0.3, -0.25) is 0 Å². The number of ether oxygens (including phenoxy) is 1. The van der Waals surface area contributed by atoms with Crippen molar-refractivity contribution >= 4 is 0 Å². The molecule has 1 rings (SSSR count). The zero-order valence-electron chi connectivity index (χ0n) is 10.1. The van der Waals surface area contributed by atoms with Crippen molar-refractivity contribution < 1.29 is 17.9 Å². The first-order valence-electron chi connectivity index (χ1n) is 6.15. The molecule has 1 fully saturated rings. The molecule has 0 radical (unpaired) electrons. The molecule has 1 aliphatic heterocycles. The Balaban J connectivity index is 1.78. The fraction of sp³-hybridized carbons (Fsp3) is 1.00. The van der Waals surface area contributed by atoms with Crippen LogP contribution in [-0.2, 0) is 4.74 Å². The van der Waals surface area contributed by atoms with Crippen LogP contribution in [0.2, 0.25) is 0 Å². The molecular weight excluding hydrogens is 233 g/mol. The van der Waals surface area contributed by atoms with Gasteiger partial charge in [-0.15, -0.1) is 0 Å². The Hall–Kier alpha value is -0.330. The molecule has 0 unspecified atom stereocenters. The number of alkyl halides is 3. The molecule has 0 spiro atoms. The number of nitrogens with zero attached hydrogens (tertiary/aromatic N) is 1. The highest BCUT2D eigenvalue weighted by atomic mass is 19.4. The van der Waals surface area contributed by atoms with E-state index in [-0.39, 0.29) is 6.61 Å². The average Bonchev–Trinajstić information content (AvgIpc) is 2.73. The second-order valence-corrected chi connectivity index (χ2v) is 4.32. The second-order valence-electron chi connectivity index (χ2n) is 4.32. The molecule has 0 aromatic rings. The molecule has 1 N–H and O–H groups in total. The Morgan fingerprint density at radius 2 is 1.82 bits per heavy atom. The van der Waals surface area contributed by atoms with Gasteiger partial charge in [0.15, 0.2) is 0 Å². The van der Waals surface area contributed by atoms with Gasteiger partial charge in [0.1, 0.15) is 6.61 Å². The molecule has 0 atom stereocenters. The Kier molecular flexibility index (Phi) is 6.84. The predicted octanol–water partition coefficient (Wildman–Crippen LogP) is 1.64. The highest BCUT2D eigenvalue weighted by Crippen LogP contribution is 2.14. The molecule has 17 heavy (non-hydrogen) atoms. The topological polar surface area (TPSA) is 24.5 Å². The van der Waals surface area contributed by atoms with Crippen LogP contribution in [0.5, 0.6) is 0 Å². The summed E-state index contributed by atoms with van der Waals surface area (Å²) in [6, 6.07) is 0. The van der Waals surface area contributed by atoms with E-state index in [9.17, 15) is 13.2 Å². The minimum atomic E-state index is -4.21. The van der Waals surface area contributed by atoms with Crippen molar-refractivity contribution in [1.29, 1.82) is 0 Å². The molecule has 1 heterocycles. The van der Waals surface area contributed by atoms with Gasteiger partial charge in [-0.25, -0.2) is 0 Å². The molecule has 3 nitrogen and oxygen atoms in total. The zero-order valence-corrected chi connectivity index (χ0v) is 10.1. The van der Waals surface area contributed by atoms with Gasteiger partial charge < -0.3 is 15.0 Å². The number of nitrogens with one attached hydrogen (secondary N) is 1. The minimum Gasteiger partial charge on any atom is -0.372 e. The highest BCUT2D eigenvalue weighted by molar-refractivity contribution is 4.66. The van der Waals surface area contributed by atoms with E-state index in [1.807, 2.05) is 0 Å². The van der Waals surface area contributed by atoms with Crippen molar-refractivity contribution in [3.05, 3.63) is 0 Å². The zero-order chi connectivity index (χ0) is 12.6. The number of rotatable bonds is 8. The van der Waals surface area contributed by atoms with Crippen LogP contribution in [-0.4, -0.2) is 57.0 Å². The van der Waals surface area contributed by atoms with Crippen LogP contribution in [0.1, 0.15) is 19.3 Å². The first kappa shape index (κ1) is 14.7. The average molecular weight is 254 g/mol. The Bertz CT molecular complexity index is 194. The van der Waals surface area contributed by atoms with Gasteiger partial charge in [-0.2, -0.15) is 13.2 Å². The quantitative estimate of drug-likeness (QED) is 0.666. The van der Waals surface area contributed by atoms with E-state index in [1.165, 1.54) is 25.9 Å². The molecule has 0 aromatic heterocycles. The maximum Gasteiger partial charge on any atom is 0.411 e. The summed E-state index contributed by atoms with van der Waals surface area (Å²) < 4.78 is 39.6. The molecule has 0 aliphatic carbocycles. The summed E-state index contributed by atoms with van der Waals surface area (Å²) >= 11 is 0. The van der Waals surface area contributed by atoms with E-state index >= 15 is 0 Å². The van der Waals surface area contributed by atoms with E-state index in [0.717, 1.165) is 13.1 Å². The fourth-order valence-corrected chi connectivity index (χ4v) is 1.86. The van der Waals surface area contributed by atoms with E-state index in [1.54, 1.807) is 0 Å². The number of hydrogen-bond donors (Lipinski definition) is 1. The van der Waals surface area contributed by atoms with Gasteiger partial charge in [-0.05, 0) is 38.9 Å². The molecule has 1 saturated heterocycles. The summed E-state index contributed by atoms with van der Waals surface area (Å²) in [7, 11) is 0. The first-order valence-corrected chi connectivity index (χ1v) is 6.15. The lowest BCUT2D eigenvalue weighted by atomic mass is 10.4. The number of likely N-dealkylation sites (tertiary alicyclic amines) is 1. The van der Waals surface area contributed by atoms with Crippen molar-refractivity contribution in [3.8, 4) is 0 Å². The van der Waals surface area contributed by atoms with Gasteiger partial charge in [0, 0.05) is 19.7 Å². The van der Waals surface area contributed by atoms with Crippen LogP contribution >= 0.6 is 0 Å². The molecule has 0 amide bonds. The smallest absolute Gasteiger partial charge is 0.372 e. The first-order chi connectivity index (χ1) is 8.08. The van der Waals surface area contributed by atoms with Crippen molar-refractivity contribution in [1.82, 2.24) is 10.2 Å². The summed E-state index contributed by atoms with van der Waals surface area (Å²) in [5.74, 6) is 0. The third-order valence-electron chi connectivity index (χ3n) is 2.71. The van der Waals surface area contributed by atoms with Crippen LogP contribution < -0.4 is 5.32 Å². The summed E-state index contributed by atoms with van der Waals surface area (Å²) in [5.41, 5.74) is 0. The summed E-state index contributed by atoms with van der Waals surface area (Å²) in [6.07, 6.45) is -1.02. The lowest BCUT2D eigenvalue weighted by molar-refractivity contribution is -0.173. The minimum absolute atomic E-state index is 0.163. The van der Waals surface area contributed by atoms with E-state index in [4.69, 9.17) is 0 Å². The summed E-state index contributed by atoms with van der Waals surface area (Å²) in [6.45, 7) is 4.03. The third kappa shape index (κ3) is 8.40. The lowest BCUT2D eigenvalue weighted by Gasteiger charge is -2.14. The van der Waals surface area contributed by atoms with Crippen LogP contribution in [0.3, 0.4) is 0 Å². The monoisotopic (exact) mass is 254 g/mol. The second kappa shape index (κ2) is 7.89. The Morgan fingerprint density at radius 3 is 2.47 bits per heavy atom.